The summed E-state index contributed by atoms with van der Waals surface area (Å²) in [5, 5.41) is 3.02. The number of anilines is 2. The van der Waals surface area contributed by atoms with Crippen LogP contribution >= 0.6 is 34.7 Å². The number of hydrogen-bond acceptors (Lipinski definition) is 6. The van der Waals surface area contributed by atoms with Crippen LogP contribution in [0.3, 0.4) is 0 Å². The predicted molar refractivity (Wildman–Crippen MR) is 135 cm³/mol. The number of carbonyl (C=O) groups is 3. The molecule has 1 heterocycles. The number of amides is 3. The van der Waals surface area contributed by atoms with E-state index in [0.717, 1.165) is 11.0 Å². The molecule has 0 aliphatic carbocycles. The molecular formula is C23H22Cl2FN5O3S. The van der Waals surface area contributed by atoms with Gasteiger partial charge >= 0.3 is 0 Å². The van der Waals surface area contributed by atoms with Crippen LogP contribution < -0.4 is 21.7 Å². The summed E-state index contributed by atoms with van der Waals surface area (Å²) in [4.78, 5) is 40.1. The number of hydrogen-bond donors (Lipinski definition) is 3. The Morgan fingerprint density at radius 1 is 1.11 bits per heavy atom. The molecule has 3 amide bonds. The topological polar surface area (TPSA) is 131 Å². The van der Waals surface area contributed by atoms with E-state index < -0.39 is 35.1 Å². The van der Waals surface area contributed by atoms with Crippen molar-refractivity contribution in [1.82, 2.24) is 9.69 Å². The highest BCUT2D eigenvalue weighted by molar-refractivity contribution is 7.09. The summed E-state index contributed by atoms with van der Waals surface area (Å²) in [7, 11) is 0. The molecule has 3 rings (SSSR count). The molecule has 184 valence electrons. The smallest absolute Gasteiger partial charge is 0.273 e. The van der Waals surface area contributed by atoms with Gasteiger partial charge in [0.15, 0.2) is 5.69 Å². The second-order valence-corrected chi connectivity index (χ2v) is 10.2. The van der Waals surface area contributed by atoms with Crippen molar-refractivity contribution in [2.75, 3.05) is 10.6 Å². The third-order valence-electron chi connectivity index (χ3n) is 4.75. The Bertz CT molecular complexity index is 1290. The quantitative estimate of drug-likeness (QED) is 0.423. The predicted octanol–water partition coefficient (Wildman–Crippen LogP) is 4.57. The van der Waals surface area contributed by atoms with Crippen molar-refractivity contribution < 1.29 is 18.8 Å². The molecule has 0 saturated carbocycles. The first-order valence-electron chi connectivity index (χ1n) is 10.2. The molecule has 5 N–H and O–H groups in total. The SMILES string of the molecule is CC(C)(C)NC(=O)C(c1ccc(Cl)cc1)N(C(=O)c1snc(C(N)=O)c1N)c1ccc(F)c(Cl)c1. The summed E-state index contributed by atoms with van der Waals surface area (Å²) >= 11 is 12.7. The maximum absolute atomic E-state index is 14.0. The second-order valence-electron chi connectivity index (χ2n) is 8.61. The van der Waals surface area contributed by atoms with Gasteiger partial charge in [-0.05, 0) is 68.2 Å². The molecule has 8 nitrogen and oxygen atoms in total. The van der Waals surface area contributed by atoms with Crippen molar-refractivity contribution in [2.45, 2.75) is 32.4 Å². The second kappa shape index (κ2) is 10.2. The molecular weight excluding hydrogens is 516 g/mol. The fraction of sp³-hybridized carbons (Fsp3) is 0.217. The standard InChI is InChI=1S/C23H22Cl2FN5O3S/c1-23(2,3)29-21(33)18(11-4-6-12(24)7-5-11)31(13-8-9-15(26)14(25)10-13)22(34)19-16(27)17(20(28)32)30-35-19/h4-10,18H,27H2,1-3H3,(H2,28,32)(H,29,33). The summed E-state index contributed by atoms with van der Waals surface area (Å²) in [5.74, 6) is -2.92. The van der Waals surface area contributed by atoms with Crippen molar-refractivity contribution in [1.29, 1.82) is 0 Å². The molecule has 0 spiro atoms. The minimum absolute atomic E-state index is 0.110. The summed E-state index contributed by atoms with van der Waals surface area (Å²) in [6.45, 7) is 5.35. The first-order chi connectivity index (χ1) is 16.3. The number of nitrogens with one attached hydrogen (secondary N) is 1. The zero-order chi connectivity index (χ0) is 26.1. The zero-order valence-corrected chi connectivity index (χ0v) is 21.3. The normalized spacial score (nSPS) is 12.2. The van der Waals surface area contributed by atoms with Gasteiger partial charge < -0.3 is 16.8 Å². The van der Waals surface area contributed by atoms with E-state index in [1.54, 1.807) is 45.0 Å². The minimum atomic E-state index is -1.25. The summed E-state index contributed by atoms with van der Waals surface area (Å²) in [6, 6.07) is 8.66. The van der Waals surface area contributed by atoms with Gasteiger partial charge in [-0.1, -0.05) is 35.3 Å². The summed E-state index contributed by atoms with van der Waals surface area (Å²) < 4.78 is 17.9. The molecule has 1 atom stereocenters. The molecule has 0 saturated heterocycles. The number of rotatable bonds is 6. The van der Waals surface area contributed by atoms with E-state index >= 15 is 0 Å². The summed E-state index contributed by atoms with van der Waals surface area (Å²) in [5.41, 5.74) is 10.7. The molecule has 12 heteroatoms. The van der Waals surface area contributed by atoms with Crippen LogP contribution in [0.15, 0.2) is 42.5 Å². The molecule has 2 aromatic carbocycles. The zero-order valence-electron chi connectivity index (χ0n) is 18.9. The molecule has 0 aliphatic rings. The number of halogens is 3. The van der Waals surface area contributed by atoms with Gasteiger partial charge in [-0.25, -0.2) is 4.39 Å². The van der Waals surface area contributed by atoms with Crippen LogP contribution in [0.25, 0.3) is 0 Å². The highest BCUT2D eigenvalue weighted by Gasteiger charge is 2.37. The average Bonchev–Trinajstić information content (AvgIpc) is 3.15. The van der Waals surface area contributed by atoms with Crippen molar-refractivity contribution in [3.8, 4) is 0 Å². The van der Waals surface area contributed by atoms with Crippen molar-refractivity contribution in [3.63, 3.8) is 0 Å². The monoisotopic (exact) mass is 537 g/mol. The van der Waals surface area contributed by atoms with Crippen LogP contribution in [-0.4, -0.2) is 27.6 Å². The van der Waals surface area contributed by atoms with Crippen LogP contribution in [0.5, 0.6) is 0 Å². The minimum Gasteiger partial charge on any atom is -0.395 e. The van der Waals surface area contributed by atoms with Crippen LogP contribution in [0.1, 0.15) is 52.5 Å². The van der Waals surface area contributed by atoms with Gasteiger partial charge in [-0.2, -0.15) is 4.37 Å². The molecule has 0 aliphatic heterocycles. The number of nitrogen functional groups attached to an aromatic ring is 1. The number of primary amides is 1. The Hall–Kier alpha value is -3.21. The van der Waals surface area contributed by atoms with E-state index in [0.29, 0.717) is 22.1 Å². The van der Waals surface area contributed by atoms with E-state index in [4.69, 9.17) is 34.7 Å². The Labute approximate surface area is 215 Å². The van der Waals surface area contributed by atoms with Gasteiger partial charge in [0, 0.05) is 16.2 Å². The van der Waals surface area contributed by atoms with E-state index in [2.05, 4.69) is 9.69 Å². The maximum atomic E-state index is 14.0. The third kappa shape index (κ3) is 5.90. The lowest BCUT2D eigenvalue weighted by Crippen LogP contribution is -2.49. The molecule has 1 aromatic heterocycles. The fourth-order valence-corrected chi connectivity index (χ4v) is 4.30. The molecule has 1 unspecified atom stereocenters. The number of nitrogens with two attached hydrogens (primary N) is 2. The number of benzene rings is 2. The molecule has 35 heavy (non-hydrogen) atoms. The highest BCUT2D eigenvalue weighted by Crippen LogP contribution is 2.35. The lowest BCUT2D eigenvalue weighted by molar-refractivity contribution is -0.123. The van der Waals surface area contributed by atoms with Crippen LogP contribution in [0, 0.1) is 5.82 Å². The Morgan fingerprint density at radius 3 is 2.26 bits per heavy atom. The number of carbonyl (C=O) groups excluding carboxylic acids is 3. The molecule has 0 fully saturated rings. The molecule has 3 aromatic rings. The first-order valence-corrected chi connectivity index (χ1v) is 11.7. The van der Waals surface area contributed by atoms with Gasteiger partial charge in [0.1, 0.15) is 16.7 Å². The van der Waals surface area contributed by atoms with Crippen LogP contribution in [0.4, 0.5) is 15.8 Å². The Morgan fingerprint density at radius 2 is 1.74 bits per heavy atom. The Balaban J connectivity index is 2.26. The Kier molecular flexibility index (Phi) is 7.68. The fourth-order valence-electron chi connectivity index (χ4n) is 3.26. The molecule has 0 radical (unpaired) electrons. The third-order valence-corrected chi connectivity index (χ3v) is 6.14. The lowest BCUT2D eigenvalue weighted by atomic mass is 10.0. The van der Waals surface area contributed by atoms with Crippen LogP contribution in [-0.2, 0) is 4.79 Å². The summed E-state index contributed by atoms with van der Waals surface area (Å²) in [6.07, 6.45) is 0. The van der Waals surface area contributed by atoms with Crippen molar-refractivity contribution in [2.24, 2.45) is 5.73 Å². The first kappa shape index (κ1) is 26.4. The van der Waals surface area contributed by atoms with Gasteiger partial charge in [0.05, 0.1) is 10.7 Å². The lowest BCUT2D eigenvalue weighted by Gasteiger charge is -2.33. The van der Waals surface area contributed by atoms with Crippen molar-refractivity contribution >= 4 is 63.8 Å². The molecule has 0 bridgehead atoms. The van der Waals surface area contributed by atoms with Gasteiger partial charge in [-0.15, -0.1) is 0 Å². The van der Waals surface area contributed by atoms with Crippen LogP contribution in [0.2, 0.25) is 10.0 Å². The van der Waals surface area contributed by atoms with E-state index in [-0.39, 0.29) is 27.0 Å². The van der Waals surface area contributed by atoms with E-state index in [1.807, 2.05) is 0 Å². The van der Waals surface area contributed by atoms with E-state index in [9.17, 15) is 18.8 Å². The largest absolute Gasteiger partial charge is 0.395 e. The van der Waals surface area contributed by atoms with E-state index in [1.165, 1.54) is 12.1 Å². The van der Waals surface area contributed by atoms with Gasteiger partial charge in [0.2, 0.25) is 5.91 Å². The van der Waals surface area contributed by atoms with Crippen molar-refractivity contribution in [3.05, 3.63) is 74.5 Å². The maximum Gasteiger partial charge on any atom is 0.273 e. The van der Waals surface area contributed by atoms with Gasteiger partial charge in [0.25, 0.3) is 11.8 Å². The average molecular weight is 538 g/mol. The number of nitrogens with zero attached hydrogens (tertiary/aromatic N) is 2. The van der Waals surface area contributed by atoms with Gasteiger partial charge in [-0.3, -0.25) is 19.3 Å². The highest BCUT2D eigenvalue weighted by atomic mass is 35.5. The number of aromatic nitrogens is 1.